The quantitative estimate of drug-likeness (QED) is 0.736. The summed E-state index contributed by atoms with van der Waals surface area (Å²) in [6.45, 7) is 3.91. The Morgan fingerprint density at radius 1 is 0.964 bits per heavy atom. The van der Waals surface area contributed by atoms with Gasteiger partial charge in [0.25, 0.3) is 21.9 Å². The maximum Gasteiger partial charge on any atom is 0.294 e. The molecule has 1 aliphatic heterocycles. The lowest BCUT2D eigenvalue weighted by Gasteiger charge is -2.37. The molecule has 2 amide bonds. The molecule has 146 valence electrons. The predicted molar refractivity (Wildman–Crippen MR) is 103 cm³/mol. The molecule has 28 heavy (non-hydrogen) atoms. The second-order valence-electron chi connectivity index (χ2n) is 8.63. The van der Waals surface area contributed by atoms with Gasteiger partial charge in [-0.15, -0.1) is 9.35 Å². The third-order valence-electron chi connectivity index (χ3n) is 7.37. The molecule has 2 bridgehead atoms. The molecule has 3 aliphatic rings. The summed E-state index contributed by atoms with van der Waals surface area (Å²) >= 11 is 0. The number of nitrogens with zero attached hydrogens (tertiary/aromatic N) is 1. The van der Waals surface area contributed by atoms with Gasteiger partial charge in [0.05, 0.1) is 11.1 Å². The summed E-state index contributed by atoms with van der Waals surface area (Å²) in [6.07, 6.45) is 2.63. The lowest BCUT2D eigenvalue weighted by molar-refractivity contribution is -0.0187. The Kier molecular flexibility index (Phi) is 3.45. The first kappa shape index (κ1) is 17.8. The standard InChI is InChI=1S/C21H21NO5S/c1-20(2)14-9-11-21(20,12-10-14)28(25,26)27-22-18(23)15-7-3-5-13-6-4-8-16(17(13)15)19(22)24/h3-8,14H,9-12H2,1-2H3. The van der Waals surface area contributed by atoms with Crippen LogP contribution in [-0.2, 0) is 14.4 Å². The Morgan fingerprint density at radius 2 is 1.50 bits per heavy atom. The van der Waals surface area contributed by atoms with E-state index in [-0.39, 0.29) is 11.1 Å². The highest BCUT2D eigenvalue weighted by molar-refractivity contribution is 7.88. The summed E-state index contributed by atoms with van der Waals surface area (Å²) in [5.74, 6) is -1.16. The van der Waals surface area contributed by atoms with E-state index < -0.39 is 32.1 Å². The van der Waals surface area contributed by atoms with Crippen LogP contribution in [0.3, 0.4) is 0 Å². The third kappa shape index (κ3) is 1.98. The van der Waals surface area contributed by atoms with E-state index in [4.69, 9.17) is 4.28 Å². The lowest BCUT2D eigenvalue weighted by Crippen LogP contribution is -2.51. The second-order valence-corrected chi connectivity index (χ2v) is 10.5. The summed E-state index contributed by atoms with van der Waals surface area (Å²) in [4.78, 5) is 26.0. The second kappa shape index (κ2) is 5.42. The number of carbonyl (C=O) groups excluding carboxylic acids is 2. The van der Waals surface area contributed by atoms with Crippen molar-refractivity contribution in [3.05, 3.63) is 47.5 Å². The van der Waals surface area contributed by atoms with Crippen LogP contribution in [0, 0.1) is 11.3 Å². The number of hydrogen-bond donors (Lipinski definition) is 0. The molecule has 6 nitrogen and oxygen atoms in total. The molecule has 2 aromatic rings. The number of rotatable bonds is 3. The van der Waals surface area contributed by atoms with Crippen molar-refractivity contribution in [3.63, 3.8) is 0 Å². The van der Waals surface area contributed by atoms with E-state index in [1.165, 1.54) is 0 Å². The molecule has 0 aromatic heterocycles. The van der Waals surface area contributed by atoms with Gasteiger partial charge in [0.1, 0.15) is 4.75 Å². The summed E-state index contributed by atoms with van der Waals surface area (Å²) in [5, 5.41) is 1.74. The van der Waals surface area contributed by atoms with Crippen LogP contribution in [0.1, 0.15) is 60.2 Å². The number of imide groups is 1. The molecule has 5 rings (SSSR count). The van der Waals surface area contributed by atoms with Crippen LogP contribution in [0.2, 0.25) is 0 Å². The molecule has 0 radical (unpaired) electrons. The zero-order valence-corrected chi connectivity index (χ0v) is 16.6. The summed E-state index contributed by atoms with van der Waals surface area (Å²) in [5.41, 5.74) is 0.0943. The zero-order chi connectivity index (χ0) is 19.9. The first-order valence-electron chi connectivity index (χ1n) is 9.54. The fourth-order valence-electron chi connectivity index (χ4n) is 5.64. The minimum Gasteiger partial charge on any atom is -0.266 e. The van der Waals surface area contributed by atoms with Crippen molar-refractivity contribution in [3.8, 4) is 0 Å². The Hall–Kier alpha value is -2.25. The van der Waals surface area contributed by atoms with Crippen LogP contribution < -0.4 is 0 Å². The molecule has 2 fully saturated rings. The minimum absolute atomic E-state index is 0.274. The Morgan fingerprint density at radius 3 is 1.96 bits per heavy atom. The first-order valence-corrected chi connectivity index (χ1v) is 11.0. The molecule has 2 aromatic carbocycles. The molecule has 0 atom stereocenters. The van der Waals surface area contributed by atoms with E-state index in [2.05, 4.69) is 0 Å². The lowest BCUT2D eigenvalue weighted by atomic mass is 9.81. The highest BCUT2D eigenvalue weighted by Gasteiger charge is 2.67. The SMILES string of the molecule is CC1(C)C2CCC1(S(=O)(=O)ON1C(=O)c3cccc4cccc(c34)C1=O)CC2. The fraction of sp³-hybridized carbons (Fsp3) is 0.429. The zero-order valence-electron chi connectivity index (χ0n) is 15.8. The van der Waals surface area contributed by atoms with Crippen LogP contribution in [0.5, 0.6) is 0 Å². The van der Waals surface area contributed by atoms with Gasteiger partial charge in [-0.1, -0.05) is 38.1 Å². The van der Waals surface area contributed by atoms with Crippen molar-refractivity contribution in [1.82, 2.24) is 5.06 Å². The molecule has 1 heterocycles. The van der Waals surface area contributed by atoms with E-state index in [1.54, 1.807) is 24.3 Å². The van der Waals surface area contributed by atoms with Gasteiger partial charge in [-0.25, -0.2) is 0 Å². The Labute approximate surface area is 163 Å². The molecular weight excluding hydrogens is 378 g/mol. The van der Waals surface area contributed by atoms with Crippen molar-refractivity contribution < 1.29 is 22.3 Å². The topological polar surface area (TPSA) is 80.8 Å². The summed E-state index contributed by atoms with van der Waals surface area (Å²) in [6, 6.07) is 10.2. The van der Waals surface area contributed by atoms with Crippen molar-refractivity contribution >= 4 is 32.7 Å². The van der Waals surface area contributed by atoms with Crippen LogP contribution in [0.15, 0.2) is 36.4 Å². The van der Waals surface area contributed by atoms with E-state index in [0.29, 0.717) is 29.2 Å². The normalized spacial score (nSPS) is 28.4. The average Bonchev–Trinajstić information content (AvgIpc) is 3.09. The minimum atomic E-state index is -4.19. The van der Waals surface area contributed by atoms with Crippen molar-refractivity contribution in [2.75, 3.05) is 0 Å². The van der Waals surface area contributed by atoms with E-state index in [1.807, 2.05) is 26.0 Å². The Balaban J connectivity index is 1.58. The largest absolute Gasteiger partial charge is 0.294 e. The Bertz CT molecular complexity index is 1090. The molecule has 0 N–H and O–H groups in total. The molecule has 2 saturated carbocycles. The molecule has 7 heteroatoms. The van der Waals surface area contributed by atoms with Crippen LogP contribution in [0.25, 0.3) is 10.8 Å². The van der Waals surface area contributed by atoms with Crippen molar-refractivity contribution in [2.24, 2.45) is 11.3 Å². The smallest absolute Gasteiger partial charge is 0.266 e. The number of benzene rings is 2. The number of hydrogen-bond acceptors (Lipinski definition) is 5. The number of hydroxylamine groups is 2. The average molecular weight is 399 g/mol. The van der Waals surface area contributed by atoms with E-state index in [0.717, 1.165) is 18.2 Å². The first-order chi connectivity index (χ1) is 13.2. The van der Waals surface area contributed by atoms with Crippen LogP contribution in [0.4, 0.5) is 0 Å². The maximum atomic E-state index is 13.4. The molecule has 2 aliphatic carbocycles. The number of fused-ring (bicyclic) bond motifs is 2. The molecular formula is C21H21NO5S. The number of amides is 2. The van der Waals surface area contributed by atoms with Crippen LogP contribution in [-0.4, -0.2) is 30.0 Å². The third-order valence-corrected chi connectivity index (χ3v) is 9.61. The highest BCUT2D eigenvalue weighted by atomic mass is 32.2. The highest BCUT2D eigenvalue weighted by Crippen LogP contribution is 2.64. The maximum absolute atomic E-state index is 13.4. The van der Waals surface area contributed by atoms with Gasteiger partial charge in [0.2, 0.25) is 0 Å². The monoisotopic (exact) mass is 399 g/mol. The van der Waals surface area contributed by atoms with Gasteiger partial charge in [-0.05, 0) is 54.5 Å². The van der Waals surface area contributed by atoms with E-state index >= 15 is 0 Å². The van der Waals surface area contributed by atoms with Gasteiger partial charge in [-0.2, -0.15) is 8.42 Å². The van der Waals surface area contributed by atoms with Gasteiger partial charge in [0.15, 0.2) is 0 Å². The van der Waals surface area contributed by atoms with Gasteiger partial charge >= 0.3 is 0 Å². The van der Waals surface area contributed by atoms with Gasteiger partial charge in [0, 0.05) is 5.39 Å². The van der Waals surface area contributed by atoms with Gasteiger partial charge < -0.3 is 0 Å². The molecule has 0 unspecified atom stereocenters. The summed E-state index contributed by atoms with van der Waals surface area (Å²) < 4.78 is 31.0. The molecule has 0 saturated heterocycles. The number of carbonyl (C=O) groups is 2. The van der Waals surface area contributed by atoms with Crippen LogP contribution >= 0.6 is 0 Å². The van der Waals surface area contributed by atoms with E-state index in [9.17, 15) is 18.0 Å². The molecule has 0 spiro atoms. The fourth-order valence-corrected chi connectivity index (χ4v) is 7.66. The summed E-state index contributed by atoms with van der Waals surface area (Å²) in [7, 11) is -4.19. The van der Waals surface area contributed by atoms with Crippen molar-refractivity contribution in [2.45, 2.75) is 44.3 Å². The van der Waals surface area contributed by atoms with Crippen molar-refractivity contribution in [1.29, 1.82) is 0 Å². The van der Waals surface area contributed by atoms with Gasteiger partial charge in [-0.3, -0.25) is 9.59 Å². The predicted octanol–water partition coefficient (Wildman–Crippen LogP) is 3.67.